The highest BCUT2D eigenvalue weighted by Gasteiger charge is 2.24. The number of rotatable bonds is 46. The van der Waals surface area contributed by atoms with Gasteiger partial charge in [-0.1, -0.05) is 243 Å². The van der Waals surface area contributed by atoms with Crippen LogP contribution in [0.1, 0.15) is 265 Å². The summed E-state index contributed by atoms with van der Waals surface area (Å²) in [5.74, 6) is -0.486. The van der Waals surface area contributed by atoms with E-state index in [2.05, 4.69) is 62.5 Å². The maximum atomic E-state index is 13.2. The van der Waals surface area contributed by atoms with E-state index in [9.17, 15) is 19.8 Å². The van der Waals surface area contributed by atoms with Gasteiger partial charge in [0.25, 0.3) is 0 Å². The van der Waals surface area contributed by atoms with Crippen LogP contribution < -0.4 is 5.32 Å². The van der Waals surface area contributed by atoms with E-state index < -0.39 is 18.2 Å². The molecule has 3 unspecified atom stereocenters. The molecular formula is C53H99NO5. The highest BCUT2D eigenvalue weighted by Crippen LogP contribution is 2.18. The molecule has 0 heterocycles. The second-order valence-corrected chi connectivity index (χ2v) is 17.6. The smallest absolute Gasteiger partial charge is 0.306 e. The van der Waals surface area contributed by atoms with Gasteiger partial charge in [0.1, 0.15) is 6.10 Å². The molecule has 6 heteroatoms. The van der Waals surface area contributed by atoms with Gasteiger partial charge < -0.3 is 20.3 Å². The summed E-state index contributed by atoms with van der Waals surface area (Å²) in [5.41, 5.74) is 0. The van der Waals surface area contributed by atoms with Crippen LogP contribution in [0, 0.1) is 0 Å². The molecule has 1 amide bonds. The van der Waals surface area contributed by atoms with Crippen molar-refractivity contribution in [2.45, 2.75) is 283 Å². The number of amides is 1. The molecule has 0 saturated heterocycles. The average molecular weight is 830 g/mol. The van der Waals surface area contributed by atoms with Gasteiger partial charge in [-0.3, -0.25) is 9.59 Å². The van der Waals surface area contributed by atoms with E-state index in [4.69, 9.17) is 4.74 Å². The Hall–Kier alpha value is -1.92. The molecule has 0 spiro atoms. The van der Waals surface area contributed by atoms with Crippen molar-refractivity contribution in [1.29, 1.82) is 0 Å². The van der Waals surface area contributed by atoms with E-state index in [0.717, 1.165) is 70.6 Å². The fourth-order valence-electron chi connectivity index (χ4n) is 7.90. The molecule has 6 nitrogen and oxygen atoms in total. The Bertz CT molecular complexity index is 977. The summed E-state index contributed by atoms with van der Waals surface area (Å²) in [6, 6.07) is -0.702. The number of aliphatic hydroxyl groups excluding tert-OH is 2. The van der Waals surface area contributed by atoms with Crippen molar-refractivity contribution in [2.75, 3.05) is 6.61 Å². The molecule has 0 aliphatic heterocycles. The van der Waals surface area contributed by atoms with Crippen LogP contribution in [0.5, 0.6) is 0 Å². The zero-order valence-corrected chi connectivity index (χ0v) is 39.4. The zero-order valence-electron chi connectivity index (χ0n) is 39.4. The molecule has 0 saturated carbocycles. The average Bonchev–Trinajstić information content (AvgIpc) is 3.23. The molecule has 0 aromatic carbocycles. The van der Waals surface area contributed by atoms with Gasteiger partial charge in [-0.15, -0.1) is 0 Å². The molecule has 0 bridgehead atoms. The Kier molecular flexibility index (Phi) is 45.6. The summed E-state index contributed by atoms with van der Waals surface area (Å²) in [6.45, 7) is 6.36. The third-order valence-corrected chi connectivity index (χ3v) is 11.8. The Morgan fingerprint density at radius 1 is 0.508 bits per heavy atom. The third-order valence-electron chi connectivity index (χ3n) is 11.8. The molecule has 0 aromatic heterocycles. The van der Waals surface area contributed by atoms with Crippen LogP contribution in [0.15, 0.2) is 36.5 Å². The SMILES string of the molecule is CC/C=C/C=C/C=C\CCCCCCCC(=O)OC(CCCCCCCCCCCCCCCC)CC(=O)NC(CO)C(O)CCCCCCCCCCCCCCC. The molecule has 0 aromatic rings. The molecule has 3 atom stereocenters. The summed E-state index contributed by atoms with van der Waals surface area (Å²) in [4.78, 5) is 26.1. The first kappa shape index (κ1) is 57.1. The Morgan fingerprint density at radius 3 is 1.37 bits per heavy atom. The molecule has 3 N–H and O–H groups in total. The van der Waals surface area contributed by atoms with Crippen molar-refractivity contribution in [2.24, 2.45) is 0 Å². The molecule has 346 valence electrons. The maximum Gasteiger partial charge on any atom is 0.306 e. The number of carbonyl (C=O) groups is 2. The summed E-state index contributed by atoms with van der Waals surface area (Å²) in [6.07, 6.45) is 54.9. The van der Waals surface area contributed by atoms with E-state index in [1.807, 2.05) is 0 Å². The van der Waals surface area contributed by atoms with Crippen molar-refractivity contribution >= 4 is 11.9 Å². The van der Waals surface area contributed by atoms with Crippen molar-refractivity contribution < 1.29 is 24.5 Å². The van der Waals surface area contributed by atoms with E-state index in [1.54, 1.807) is 0 Å². The highest BCUT2D eigenvalue weighted by molar-refractivity contribution is 5.77. The quantitative estimate of drug-likeness (QED) is 0.0323. The number of nitrogens with one attached hydrogen (secondary N) is 1. The summed E-state index contributed by atoms with van der Waals surface area (Å²) in [5, 5.41) is 23.8. The van der Waals surface area contributed by atoms with E-state index in [0.29, 0.717) is 19.3 Å². The number of carbonyl (C=O) groups excluding carboxylic acids is 2. The number of aliphatic hydroxyl groups is 2. The molecule has 59 heavy (non-hydrogen) atoms. The van der Waals surface area contributed by atoms with E-state index in [-0.39, 0.29) is 24.9 Å². The van der Waals surface area contributed by atoms with Crippen molar-refractivity contribution in [3.8, 4) is 0 Å². The lowest BCUT2D eigenvalue weighted by molar-refractivity contribution is -0.151. The van der Waals surface area contributed by atoms with Gasteiger partial charge in [-0.05, 0) is 44.9 Å². The lowest BCUT2D eigenvalue weighted by atomic mass is 10.0. The van der Waals surface area contributed by atoms with Crippen LogP contribution in [-0.2, 0) is 14.3 Å². The lowest BCUT2D eigenvalue weighted by Crippen LogP contribution is -2.46. The Labute approximate surface area is 366 Å². The minimum absolute atomic E-state index is 0.0732. The van der Waals surface area contributed by atoms with Crippen LogP contribution >= 0.6 is 0 Å². The van der Waals surface area contributed by atoms with E-state index >= 15 is 0 Å². The van der Waals surface area contributed by atoms with Crippen molar-refractivity contribution in [3.63, 3.8) is 0 Å². The largest absolute Gasteiger partial charge is 0.462 e. The van der Waals surface area contributed by atoms with Crippen LogP contribution in [-0.4, -0.2) is 46.9 Å². The second-order valence-electron chi connectivity index (χ2n) is 17.6. The van der Waals surface area contributed by atoms with Gasteiger partial charge in [0.05, 0.1) is 25.2 Å². The minimum Gasteiger partial charge on any atom is -0.462 e. The van der Waals surface area contributed by atoms with Crippen LogP contribution in [0.2, 0.25) is 0 Å². The minimum atomic E-state index is -0.788. The highest BCUT2D eigenvalue weighted by atomic mass is 16.5. The first-order valence-electron chi connectivity index (χ1n) is 25.7. The predicted molar refractivity (Wildman–Crippen MR) is 255 cm³/mol. The van der Waals surface area contributed by atoms with Gasteiger partial charge in [0.15, 0.2) is 0 Å². The normalized spacial score (nSPS) is 13.5. The van der Waals surface area contributed by atoms with E-state index in [1.165, 1.54) is 148 Å². The Morgan fingerprint density at radius 2 is 0.915 bits per heavy atom. The number of esters is 1. The fourth-order valence-corrected chi connectivity index (χ4v) is 7.90. The molecule has 0 fully saturated rings. The number of hydrogen-bond acceptors (Lipinski definition) is 5. The lowest BCUT2D eigenvalue weighted by Gasteiger charge is -2.24. The van der Waals surface area contributed by atoms with Crippen LogP contribution in [0.3, 0.4) is 0 Å². The number of ether oxygens (including phenoxy) is 1. The number of allylic oxidation sites excluding steroid dienone is 6. The second kappa shape index (κ2) is 47.1. The molecule has 0 aliphatic rings. The summed E-state index contributed by atoms with van der Waals surface area (Å²) in [7, 11) is 0. The molecule has 0 rings (SSSR count). The van der Waals surface area contributed by atoms with Gasteiger partial charge in [0.2, 0.25) is 5.91 Å². The van der Waals surface area contributed by atoms with Gasteiger partial charge in [-0.2, -0.15) is 0 Å². The Balaban J connectivity index is 4.58. The third kappa shape index (κ3) is 42.6. The van der Waals surface area contributed by atoms with Crippen molar-refractivity contribution in [1.82, 2.24) is 5.32 Å². The standard InChI is InChI=1S/C53H99NO5/c1-4-7-10-13-16-19-22-25-28-29-32-35-38-41-44-49(59-53(58)46-43-40-37-34-31-27-24-21-18-15-12-9-6-3)47-52(57)54-50(48-55)51(56)45-42-39-36-33-30-26-23-20-17-14-11-8-5-2/h9,12,15,18,21,24,49-51,55-56H,4-8,10-11,13-14,16-17,19-20,22-23,25-48H2,1-3H3,(H,54,57)/b12-9+,18-15+,24-21-. The number of hydrogen-bond donors (Lipinski definition) is 3. The number of unbranched alkanes of at least 4 members (excludes halogenated alkanes) is 30. The monoisotopic (exact) mass is 830 g/mol. The van der Waals surface area contributed by atoms with Crippen molar-refractivity contribution in [3.05, 3.63) is 36.5 Å². The summed E-state index contributed by atoms with van der Waals surface area (Å²) >= 11 is 0. The predicted octanol–water partition coefficient (Wildman–Crippen LogP) is 15.3. The zero-order chi connectivity index (χ0) is 43.1. The first-order chi connectivity index (χ1) is 29.0. The molecular weight excluding hydrogens is 731 g/mol. The summed E-state index contributed by atoms with van der Waals surface area (Å²) < 4.78 is 5.93. The molecule has 0 aliphatic carbocycles. The topological polar surface area (TPSA) is 95.9 Å². The van der Waals surface area contributed by atoms with Crippen LogP contribution in [0.25, 0.3) is 0 Å². The fraction of sp³-hybridized carbons (Fsp3) is 0.849. The van der Waals surface area contributed by atoms with Gasteiger partial charge in [-0.25, -0.2) is 0 Å². The van der Waals surface area contributed by atoms with Gasteiger partial charge in [0, 0.05) is 6.42 Å². The van der Waals surface area contributed by atoms with Gasteiger partial charge >= 0.3 is 5.97 Å². The molecule has 0 radical (unpaired) electrons. The van der Waals surface area contributed by atoms with Crippen LogP contribution in [0.4, 0.5) is 0 Å². The maximum absolute atomic E-state index is 13.2. The first-order valence-corrected chi connectivity index (χ1v) is 25.7.